The van der Waals surface area contributed by atoms with Crippen molar-refractivity contribution in [1.82, 2.24) is 10.3 Å². The number of rotatable bonds is 3. The molecule has 2 N–H and O–H groups in total. The number of hydrogen-bond acceptors (Lipinski definition) is 4. The first-order chi connectivity index (χ1) is 9.40. The van der Waals surface area contributed by atoms with Gasteiger partial charge in [-0.2, -0.15) is 5.26 Å². The Hall–Kier alpha value is -1.96. The molecular formula is C16H19N3O. The van der Waals surface area contributed by atoms with Crippen LogP contribution >= 0.6 is 0 Å². The van der Waals surface area contributed by atoms with E-state index in [4.69, 9.17) is 5.26 Å². The fourth-order valence-corrected chi connectivity index (χ4v) is 1.95. The summed E-state index contributed by atoms with van der Waals surface area (Å²) in [7, 11) is 0. The van der Waals surface area contributed by atoms with Gasteiger partial charge in [0, 0.05) is 17.5 Å². The Bertz CT molecular complexity index is 653. The number of hydrogen-bond donors (Lipinski definition) is 2. The van der Waals surface area contributed by atoms with Crippen molar-refractivity contribution in [3.05, 3.63) is 41.6 Å². The van der Waals surface area contributed by atoms with Crippen molar-refractivity contribution in [2.75, 3.05) is 6.54 Å². The topological polar surface area (TPSA) is 68.9 Å². The lowest BCUT2D eigenvalue weighted by molar-refractivity contribution is 0.159. The molecule has 0 amide bonds. The van der Waals surface area contributed by atoms with E-state index in [1.165, 1.54) is 0 Å². The molecule has 1 aromatic heterocycles. The Morgan fingerprint density at radius 1 is 1.30 bits per heavy atom. The second-order valence-corrected chi connectivity index (χ2v) is 5.87. The Morgan fingerprint density at radius 3 is 2.70 bits per heavy atom. The van der Waals surface area contributed by atoms with E-state index >= 15 is 0 Å². The van der Waals surface area contributed by atoms with Gasteiger partial charge in [0.15, 0.2) is 0 Å². The molecule has 0 aliphatic rings. The summed E-state index contributed by atoms with van der Waals surface area (Å²) >= 11 is 0. The lowest BCUT2D eigenvalue weighted by Crippen LogP contribution is -2.38. The molecule has 0 saturated carbocycles. The van der Waals surface area contributed by atoms with Crippen LogP contribution in [0.2, 0.25) is 0 Å². The predicted octanol–water partition coefficient (Wildman–Crippen LogP) is 2.53. The molecule has 0 unspecified atom stereocenters. The molecule has 104 valence electrons. The molecule has 0 aliphatic heterocycles. The second-order valence-electron chi connectivity index (χ2n) is 5.87. The van der Waals surface area contributed by atoms with Crippen molar-refractivity contribution in [2.24, 2.45) is 0 Å². The Balaban J connectivity index is 2.29. The number of pyridine rings is 1. The predicted molar refractivity (Wildman–Crippen MR) is 79.2 cm³/mol. The molecular weight excluding hydrogens is 250 g/mol. The highest BCUT2D eigenvalue weighted by atomic mass is 16.3. The quantitative estimate of drug-likeness (QED) is 0.898. The monoisotopic (exact) mass is 269 g/mol. The van der Waals surface area contributed by atoms with E-state index in [2.05, 4.69) is 16.4 Å². The van der Waals surface area contributed by atoms with Crippen LogP contribution in [0.5, 0.6) is 0 Å². The van der Waals surface area contributed by atoms with Crippen LogP contribution < -0.4 is 5.32 Å². The summed E-state index contributed by atoms with van der Waals surface area (Å²) in [5, 5.41) is 23.5. The number of β-amino-alcohol motifs (C(OH)–C–C–N with tert-alkyl or cyclic N) is 1. The van der Waals surface area contributed by atoms with E-state index in [-0.39, 0.29) is 5.54 Å². The first kappa shape index (κ1) is 14.4. The average molecular weight is 269 g/mol. The summed E-state index contributed by atoms with van der Waals surface area (Å²) in [6, 6.07) is 11.3. The molecule has 0 fully saturated rings. The Morgan fingerprint density at radius 2 is 2.05 bits per heavy atom. The van der Waals surface area contributed by atoms with Gasteiger partial charge in [0.05, 0.1) is 16.8 Å². The minimum absolute atomic E-state index is 0.0599. The highest BCUT2D eigenvalue weighted by molar-refractivity contribution is 5.84. The first-order valence-electron chi connectivity index (χ1n) is 6.63. The van der Waals surface area contributed by atoms with E-state index in [1.807, 2.05) is 39.0 Å². The normalized spacial score (nSPS) is 13.2. The zero-order chi connectivity index (χ0) is 14.8. The van der Waals surface area contributed by atoms with Crippen LogP contribution in [-0.2, 0) is 0 Å². The van der Waals surface area contributed by atoms with Crippen molar-refractivity contribution < 1.29 is 5.11 Å². The van der Waals surface area contributed by atoms with Gasteiger partial charge in [0.25, 0.3) is 0 Å². The third kappa shape index (κ3) is 3.32. The van der Waals surface area contributed by atoms with Crippen LogP contribution in [0, 0.1) is 11.3 Å². The molecule has 0 saturated heterocycles. The number of fused-ring (bicyclic) bond motifs is 1. The Kier molecular flexibility index (Phi) is 4.03. The fourth-order valence-electron chi connectivity index (χ4n) is 1.95. The third-order valence-electron chi connectivity index (χ3n) is 3.03. The van der Waals surface area contributed by atoms with Crippen LogP contribution in [0.15, 0.2) is 30.3 Å². The molecule has 4 nitrogen and oxygen atoms in total. The molecule has 0 aliphatic carbocycles. The summed E-state index contributed by atoms with van der Waals surface area (Å²) in [6.45, 7) is 6.56. The van der Waals surface area contributed by atoms with Gasteiger partial charge < -0.3 is 10.4 Å². The number of aromatic nitrogens is 1. The van der Waals surface area contributed by atoms with E-state index in [0.29, 0.717) is 23.3 Å². The molecule has 1 atom stereocenters. The van der Waals surface area contributed by atoms with Crippen LogP contribution in [0.1, 0.15) is 38.1 Å². The third-order valence-corrected chi connectivity index (χ3v) is 3.03. The second kappa shape index (κ2) is 5.58. The zero-order valence-electron chi connectivity index (χ0n) is 12.0. The number of nitrogens with one attached hydrogen (secondary N) is 1. The summed E-state index contributed by atoms with van der Waals surface area (Å²) in [4.78, 5) is 4.43. The molecule has 2 rings (SSSR count). The summed E-state index contributed by atoms with van der Waals surface area (Å²) in [5.74, 6) is 0. The van der Waals surface area contributed by atoms with Crippen molar-refractivity contribution >= 4 is 10.9 Å². The molecule has 2 aromatic rings. The van der Waals surface area contributed by atoms with Gasteiger partial charge in [-0.05, 0) is 32.9 Å². The number of benzene rings is 1. The van der Waals surface area contributed by atoms with Gasteiger partial charge in [-0.3, -0.25) is 0 Å². The van der Waals surface area contributed by atoms with E-state index in [9.17, 15) is 5.11 Å². The van der Waals surface area contributed by atoms with Gasteiger partial charge in [0.1, 0.15) is 12.2 Å². The number of para-hydroxylation sites is 1. The maximum atomic E-state index is 10.2. The molecule has 1 aromatic carbocycles. The van der Waals surface area contributed by atoms with Gasteiger partial charge in [0.2, 0.25) is 0 Å². The number of nitrogens with zero attached hydrogens (tertiary/aromatic N) is 2. The molecule has 20 heavy (non-hydrogen) atoms. The van der Waals surface area contributed by atoms with E-state index in [1.54, 1.807) is 12.1 Å². The van der Waals surface area contributed by atoms with Crippen molar-refractivity contribution in [2.45, 2.75) is 32.4 Å². The first-order valence-corrected chi connectivity index (χ1v) is 6.63. The highest BCUT2D eigenvalue weighted by Gasteiger charge is 2.15. The SMILES string of the molecule is CC(C)(C)NC[C@@H](O)c1ccc2cccc(C#N)c2n1. The zero-order valence-corrected chi connectivity index (χ0v) is 12.0. The van der Waals surface area contributed by atoms with Crippen molar-refractivity contribution in [3.63, 3.8) is 0 Å². The maximum absolute atomic E-state index is 10.2. The van der Waals surface area contributed by atoms with E-state index in [0.717, 1.165) is 5.39 Å². The highest BCUT2D eigenvalue weighted by Crippen LogP contribution is 2.19. The lowest BCUT2D eigenvalue weighted by Gasteiger charge is -2.22. The summed E-state index contributed by atoms with van der Waals surface area (Å²) < 4.78 is 0. The smallest absolute Gasteiger partial charge is 0.108 e. The van der Waals surface area contributed by atoms with Crippen molar-refractivity contribution in [3.8, 4) is 6.07 Å². The van der Waals surface area contributed by atoms with Gasteiger partial charge >= 0.3 is 0 Å². The molecule has 0 spiro atoms. The molecule has 4 heteroatoms. The fraction of sp³-hybridized carbons (Fsp3) is 0.375. The average Bonchev–Trinajstić information content (AvgIpc) is 2.42. The minimum atomic E-state index is -0.689. The lowest BCUT2D eigenvalue weighted by atomic mass is 10.1. The van der Waals surface area contributed by atoms with Crippen molar-refractivity contribution in [1.29, 1.82) is 5.26 Å². The maximum Gasteiger partial charge on any atom is 0.108 e. The standard InChI is InChI=1S/C16H19N3O/c1-16(2,3)18-10-14(20)13-8-7-11-5-4-6-12(9-17)15(11)19-13/h4-8,14,18,20H,10H2,1-3H3/t14-/m1/s1. The van der Waals surface area contributed by atoms with Crippen LogP contribution in [0.25, 0.3) is 10.9 Å². The molecule has 0 bridgehead atoms. The van der Waals surface area contributed by atoms with Gasteiger partial charge in [-0.15, -0.1) is 0 Å². The van der Waals surface area contributed by atoms with Crippen LogP contribution in [0.3, 0.4) is 0 Å². The summed E-state index contributed by atoms with van der Waals surface area (Å²) in [6.07, 6.45) is -0.689. The largest absolute Gasteiger partial charge is 0.385 e. The molecule has 1 heterocycles. The number of nitriles is 1. The van der Waals surface area contributed by atoms with Gasteiger partial charge in [-0.1, -0.05) is 18.2 Å². The van der Waals surface area contributed by atoms with Gasteiger partial charge in [-0.25, -0.2) is 4.98 Å². The Labute approximate surface area is 119 Å². The number of aliphatic hydroxyl groups excluding tert-OH is 1. The van der Waals surface area contributed by atoms with Crippen LogP contribution in [0.4, 0.5) is 0 Å². The summed E-state index contributed by atoms with van der Waals surface area (Å²) in [5.41, 5.74) is 1.69. The minimum Gasteiger partial charge on any atom is -0.385 e. The van der Waals surface area contributed by atoms with Crippen LogP contribution in [-0.4, -0.2) is 22.2 Å². The van der Waals surface area contributed by atoms with E-state index < -0.39 is 6.10 Å². The molecule has 0 radical (unpaired) electrons. The number of aliphatic hydroxyl groups is 1.